The van der Waals surface area contributed by atoms with E-state index >= 15 is 0 Å². The Morgan fingerprint density at radius 2 is 1.95 bits per heavy atom. The Hall–Kier alpha value is -1.64. The lowest BCUT2D eigenvalue weighted by molar-refractivity contribution is 0.180. The number of aliphatic hydroxyl groups is 1. The molecule has 1 nitrogen and oxygen atoms in total. The number of thiophene rings is 1. The summed E-state index contributed by atoms with van der Waals surface area (Å²) in [4.78, 5) is 0. The second-order valence-electron chi connectivity index (χ2n) is 4.90. The van der Waals surface area contributed by atoms with Gasteiger partial charge in [0.25, 0.3) is 0 Å². The summed E-state index contributed by atoms with van der Waals surface area (Å²) in [5, 5.41) is 13.8. The number of hydrogen-bond acceptors (Lipinski definition) is 2. The van der Waals surface area contributed by atoms with E-state index in [1.165, 1.54) is 21.2 Å². The topological polar surface area (TPSA) is 20.2 Å². The summed E-state index contributed by atoms with van der Waals surface area (Å²) in [6, 6.07) is 16.6. The lowest BCUT2D eigenvalue weighted by Crippen LogP contribution is -2.02. The van der Waals surface area contributed by atoms with E-state index in [0.717, 1.165) is 5.56 Å². The molecule has 0 aliphatic rings. The van der Waals surface area contributed by atoms with Crippen molar-refractivity contribution in [2.24, 2.45) is 0 Å². The van der Waals surface area contributed by atoms with Gasteiger partial charge in [-0.05, 0) is 34.9 Å². The zero-order chi connectivity index (χ0) is 13.2. The molecule has 1 unspecified atom stereocenters. The molecule has 2 heteroatoms. The van der Waals surface area contributed by atoms with Crippen LogP contribution in [0.25, 0.3) is 10.1 Å². The van der Waals surface area contributed by atoms with Gasteiger partial charge in [-0.3, -0.25) is 0 Å². The van der Waals surface area contributed by atoms with Crippen LogP contribution in [0.4, 0.5) is 0 Å². The molecule has 3 aromatic rings. The highest BCUT2D eigenvalue weighted by Gasteiger charge is 2.12. The Morgan fingerprint density at radius 3 is 2.79 bits per heavy atom. The SMILES string of the molecule is Cc1cccc(CC(O)c2cccc3ccsc23)c1. The quantitative estimate of drug-likeness (QED) is 0.742. The number of benzene rings is 2. The van der Waals surface area contributed by atoms with Crippen LogP contribution in [-0.2, 0) is 6.42 Å². The Morgan fingerprint density at radius 1 is 1.11 bits per heavy atom. The van der Waals surface area contributed by atoms with Crippen LogP contribution in [0, 0.1) is 6.92 Å². The van der Waals surface area contributed by atoms with Crippen LogP contribution in [0.5, 0.6) is 0 Å². The molecule has 0 saturated heterocycles. The molecule has 1 atom stereocenters. The monoisotopic (exact) mass is 268 g/mol. The summed E-state index contributed by atoms with van der Waals surface area (Å²) in [5.41, 5.74) is 3.45. The highest BCUT2D eigenvalue weighted by atomic mass is 32.1. The minimum atomic E-state index is -0.441. The van der Waals surface area contributed by atoms with Crippen LogP contribution in [-0.4, -0.2) is 5.11 Å². The van der Waals surface area contributed by atoms with Crippen molar-refractivity contribution in [3.8, 4) is 0 Å². The average Bonchev–Trinajstić information content (AvgIpc) is 2.86. The molecule has 0 radical (unpaired) electrons. The lowest BCUT2D eigenvalue weighted by atomic mass is 9.99. The molecule has 0 saturated carbocycles. The van der Waals surface area contributed by atoms with Gasteiger partial charge in [-0.2, -0.15) is 0 Å². The first kappa shape index (κ1) is 12.4. The van der Waals surface area contributed by atoms with Gasteiger partial charge < -0.3 is 5.11 Å². The summed E-state index contributed by atoms with van der Waals surface area (Å²) in [5.74, 6) is 0. The van der Waals surface area contributed by atoms with Crippen molar-refractivity contribution in [1.82, 2.24) is 0 Å². The van der Waals surface area contributed by atoms with Gasteiger partial charge in [0, 0.05) is 11.1 Å². The predicted molar refractivity (Wildman–Crippen MR) is 81.7 cm³/mol. The number of hydrogen-bond donors (Lipinski definition) is 1. The van der Waals surface area contributed by atoms with Crippen molar-refractivity contribution < 1.29 is 5.11 Å². The standard InChI is InChI=1S/C17H16OS/c1-12-4-2-5-13(10-12)11-16(18)15-7-3-6-14-8-9-19-17(14)15/h2-10,16,18H,11H2,1H3. The zero-order valence-electron chi connectivity index (χ0n) is 10.8. The predicted octanol–water partition coefficient (Wildman–Crippen LogP) is 4.49. The molecule has 19 heavy (non-hydrogen) atoms. The van der Waals surface area contributed by atoms with Crippen molar-refractivity contribution in [3.63, 3.8) is 0 Å². The summed E-state index contributed by atoms with van der Waals surface area (Å²) in [6.45, 7) is 2.08. The minimum Gasteiger partial charge on any atom is -0.388 e. The highest BCUT2D eigenvalue weighted by Crippen LogP contribution is 2.30. The summed E-state index contributed by atoms with van der Waals surface area (Å²) in [6.07, 6.45) is 0.225. The van der Waals surface area contributed by atoms with E-state index in [1.807, 2.05) is 18.2 Å². The maximum absolute atomic E-state index is 10.5. The van der Waals surface area contributed by atoms with Crippen molar-refractivity contribution in [1.29, 1.82) is 0 Å². The smallest absolute Gasteiger partial charge is 0.0844 e. The van der Waals surface area contributed by atoms with E-state index in [0.29, 0.717) is 6.42 Å². The van der Waals surface area contributed by atoms with E-state index in [-0.39, 0.29) is 0 Å². The maximum Gasteiger partial charge on any atom is 0.0844 e. The molecule has 96 valence electrons. The molecule has 1 aromatic heterocycles. The van der Waals surface area contributed by atoms with E-state index in [2.05, 4.69) is 42.6 Å². The first-order valence-electron chi connectivity index (χ1n) is 6.44. The van der Waals surface area contributed by atoms with Gasteiger partial charge in [-0.15, -0.1) is 11.3 Å². The van der Waals surface area contributed by atoms with Gasteiger partial charge in [-0.25, -0.2) is 0 Å². The van der Waals surface area contributed by atoms with Gasteiger partial charge in [0.05, 0.1) is 6.10 Å². The third-order valence-corrected chi connectivity index (χ3v) is 4.36. The van der Waals surface area contributed by atoms with Gasteiger partial charge in [0.1, 0.15) is 0 Å². The van der Waals surface area contributed by atoms with Gasteiger partial charge >= 0.3 is 0 Å². The molecule has 0 aliphatic carbocycles. The van der Waals surface area contributed by atoms with Crippen molar-refractivity contribution in [2.75, 3.05) is 0 Å². The van der Waals surface area contributed by atoms with Crippen molar-refractivity contribution in [3.05, 3.63) is 70.6 Å². The van der Waals surface area contributed by atoms with Crippen LogP contribution < -0.4 is 0 Å². The van der Waals surface area contributed by atoms with Crippen LogP contribution in [0.3, 0.4) is 0 Å². The summed E-state index contributed by atoms with van der Waals surface area (Å²) in [7, 11) is 0. The molecular weight excluding hydrogens is 252 g/mol. The molecule has 0 spiro atoms. The van der Waals surface area contributed by atoms with E-state index in [4.69, 9.17) is 0 Å². The molecule has 2 aromatic carbocycles. The van der Waals surface area contributed by atoms with E-state index in [9.17, 15) is 5.11 Å². The highest BCUT2D eigenvalue weighted by molar-refractivity contribution is 7.17. The third kappa shape index (κ3) is 2.55. The third-order valence-electron chi connectivity index (χ3n) is 3.38. The van der Waals surface area contributed by atoms with E-state index < -0.39 is 6.10 Å². The Kier molecular flexibility index (Phi) is 3.36. The molecule has 0 amide bonds. The van der Waals surface area contributed by atoms with Crippen LogP contribution in [0.15, 0.2) is 53.9 Å². The number of aliphatic hydroxyl groups excluding tert-OH is 1. The van der Waals surface area contributed by atoms with Crippen molar-refractivity contribution in [2.45, 2.75) is 19.4 Å². The Balaban J connectivity index is 1.91. The second-order valence-corrected chi connectivity index (χ2v) is 5.81. The van der Waals surface area contributed by atoms with Gasteiger partial charge in [-0.1, -0.05) is 48.0 Å². The largest absolute Gasteiger partial charge is 0.388 e. The molecule has 3 rings (SSSR count). The number of aryl methyl sites for hydroxylation is 1. The molecule has 0 aliphatic heterocycles. The molecule has 0 fully saturated rings. The lowest BCUT2D eigenvalue weighted by Gasteiger charge is -2.12. The molecular formula is C17H16OS. The molecule has 0 bridgehead atoms. The number of fused-ring (bicyclic) bond motifs is 1. The van der Waals surface area contributed by atoms with Crippen molar-refractivity contribution >= 4 is 21.4 Å². The van der Waals surface area contributed by atoms with Crippen LogP contribution in [0.1, 0.15) is 22.8 Å². The fourth-order valence-corrected chi connectivity index (χ4v) is 3.41. The summed E-state index contributed by atoms with van der Waals surface area (Å²) >= 11 is 1.70. The first-order chi connectivity index (χ1) is 9.24. The minimum absolute atomic E-state index is 0.441. The number of rotatable bonds is 3. The Bertz CT molecular complexity index is 699. The fourth-order valence-electron chi connectivity index (χ4n) is 2.45. The fraction of sp³-hybridized carbons (Fsp3) is 0.176. The van der Waals surface area contributed by atoms with Gasteiger partial charge in [0.15, 0.2) is 0 Å². The Labute approximate surface area is 117 Å². The average molecular weight is 268 g/mol. The molecule has 1 N–H and O–H groups in total. The first-order valence-corrected chi connectivity index (χ1v) is 7.32. The van der Waals surface area contributed by atoms with Gasteiger partial charge in [0.2, 0.25) is 0 Å². The van der Waals surface area contributed by atoms with Crippen LogP contribution in [0.2, 0.25) is 0 Å². The maximum atomic E-state index is 10.5. The normalized spacial score (nSPS) is 12.7. The van der Waals surface area contributed by atoms with E-state index in [1.54, 1.807) is 11.3 Å². The summed E-state index contributed by atoms with van der Waals surface area (Å²) < 4.78 is 1.20. The van der Waals surface area contributed by atoms with Crippen LogP contribution >= 0.6 is 11.3 Å². The second kappa shape index (κ2) is 5.16. The molecule has 1 heterocycles. The zero-order valence-corrected chi connectivity index (χ0v) is 11.7.